The van der Waals surface area contributed by atoms with Crippen molar-refractivity contribution in [2.24, 2.45) is 0 Å². The first-order chi connectivity index (χ1) is 12.6. The predicted octanol–water partition coefficient (Wildman–Crippen LogP) is 1.95. The number of fused-ring (bicyclic) bond motifs is 1. The molecule has 3 rings (SSSR count). The minimum Gasteiger partial charge on any atom is -0.379 e. The Labute approximate surface area is 158 Å². The van der Waals surface area contributed by atoms with Gasteiger partial charge in [0.1, 0.15) is 17.0 Å². The van der Waals surface area contributed by atoms with Gasteiger partial charge in [-0.2, -0.15) is 0 Å². The van der Waals surface area contributed by atoms with E-state index in [-0.39, 0.29) is 5.91 Å². The Bertz CT molecular complexity index is 757. The summed E-state index contributed by atoms with van der Waals surface area (Å²) in [6, 6.07) is 0.328. The highest BCUT2D eigenvalue weighted by Crippen LogP contribution is 2.32. The van der Waals surface area contributed by atoms with Gasteiger partial charge in [0.25, 0.3) is 0 Å². The molecule has 1 saturated heterocycles. The summed E-state index contributed by atoms with van der Waals surface area (Å²) < 4.78 is 5.36. The van der Waals surface area contributed by atoms with E-state index >= 15 is 0 Å². The van der Waals surface area contributed by atoms with Crippen LogP contribution in [-0.4, -0.2) is 66.2 Å². The third-order valence-corrected chi connectivity index (χ3v) is 5.99. The van der Waals surface area contributed by atoms with Crippen LogP contribution in [0.1, 0.15) is 23.8 Å². The number of carbonyl (C=O) groups excluding carboxylic acids is 1. The van der Waals surface area contributed by atoms with Crippen molar-refractivity contribution in [2.45, 2.75) is 33.2 Å². The molecule has 0 aliphatic carbocycles. The van der Waals surface area contributed by atoms with E-state index in [2.05, 4.69) is 46.3 Å². The molecule has 2 N–H and O–H groups in total. The smallest absolute Gasteiger partial charge is 0.221 e. The lowest BCUT2D eigenvalue weighted by molar-refractivity contribution is -0.121. The molecule has 0 saturated carbocycles. The fraction of sp³-hybridized carbons (Fsp3) is 0.611. The van der Waals surface area contributed by atoms with Gasteiger partial charge < -0.3 is 15.4 Å². The number of morpholine rings is 1. The molecule has 0 radical (unpaired) electrons. The molecule has 0 aromatic carbocycles. The second-order valence-corrected chi connectivity index (χ2v) is 7.87. The molecule has 2 aromatic rings. The Morgan fingerprint density at radius 2 is 2.12 bits per heavy atom. The Hall–Kier alpha value is -1.77. The van der Waals surface area contributed by atoms with Crippen molar-refractivity contribution >= 4 is 33.3 Å². The highest BCUT2D eigenvalue weighted by atomic mass is 32.1. The first-order valence-electron chi connectivity index (χ1n) is 9.09. The number of aryl methyl sites for hydroxylation is 2. The van der Waals surface area contributed by atoms with Gasteiger partial charge >= 0.3 is 0 Å². The fourth-order valence-corrected chi connectivity index (χ4v) is 4.10. The van der Waals surface area contributed by atoms with Crippen molar-refractivity contribution in [3.8, 4) is 0 Å². The van der Waals surface area contributed by atoms with Crippen LogP contribution in [0.4, 0.5) is 5.82 Å². The zero-order valence-electron chi connectivity index (χ0n) is 15.7. The number of anilines is 1. The van der Waals surface area contributed by atoms with E-state index in [0.29, 0.717) is 25.6 Å². The van der Waals surface area contributed by atoms with Crippen molar-refractivity contribution in [1.29, 1.82) is 0 Å². The van der Waals surface area contributed by atoms with Crippen molar-refractivity contribution < 1.29 is 9.53 Å². The van der Waals surface area contributed by atoms with Crippen molar-refractivity contribution in [3.05, 3.63) is 16.8 Å². The predicted molar refractivity (Wildman–Crippen MR) is 105 cm³/mol. The van der Waals surface area contributed by atoms with Gasteiger partial charge in [0.15, 0.2) is 0 Å². The van der Waals surface area contributed by atoms with Crippen LogP contribution < -0.4 is 10.6 Å². The highest BCUT2D eigenvalue weighted by Gasteiger charge is 2.17. The maximum Gasteiger partial charge on any atom is 0.221 e. The quantitative estimate of drug-likeness (QED) is 0.768. The van der Waals surface area contributed by atoms with E-state index < -0.39 is 0 Å². The summed E-state index contributed by atoms with van der Waals surface area (Å²) in [4.78, 5) is 25.4. The third-order valence-electron chi connectivity index (χ3n) is 4.87. The van der Waals surface area contributed by atoms with E-state index in [1.54, 1.807) is 17.7 Å². The van der Waals surface area contributed by atoms with E-state index in [9.17, 15) is 4.79 Å². The molecule has 3 heterocycles. The number of nitrogens with zero attached hydrogens (tertiary/aromatic N) is 3. The Morgan fingerprint density at radius 1 is 1.35 bits per heavy atom. The van der Waals surface area contributed by atoms with Crippen molar-refractivity contribution in [3.63, 3.8) is 0 Å². The molecular weight excluding hydrogens is 350 g/mol. The van der Waals surface area contributed by atoms with Crippen LogP contribution in [0.5, 0.6) is 0 Å². The minimum absolute atomic E-state index is 0.0566. The molecule has 8 heteroatoms. The van der Waals surface area contributed by atoms with Gasteiger partial charge in [-0.15, -0.1) is 11.3 Å². The summed E-state index contributed by atoms with van der Waals surface area (Å²) in [5, 5.41) is 7.38. The van der Waals surface area contributed by atoms with E-state index in [4.69, 9.17) is 4.74 Å². The van der Waals surface area contributed by atoms with Gasteiger partial charge in [-0.3, -0.25) is 9.69 Å². The number of hydrogen-bond acceptors (Lipinski definition) is 7. The summed E-state index contributed by atoms with van der Waals surface area (Å²) in [7, 11) is 0. The monoisotopic (exact) mass is 377 g/mol. The van der Waals surface area contributed by atoms with Gasteiger partial charge in [-0.25, -0.2) is 9.97 Å². The van der Waals surface area contributed by atoms with Crippen LogP contribution in [0.25, 0.3) is 10.2 Å². The third kappa shape index (κ3) is 4.49. The fourth-order valence-electron chi connectivity index (χ4n) is 3.11. The standard InChI is InChI=1S/C18H27N5O2S/c1-12(23-6-8-25-9-7-23)10-20-15(24)4-5-19-17-16-13(2)14(3)26-18(16)22-11-21-17/h11-12H,4-10H2,1-3H3,(H,20,24)(H,19,21,22)/t12-/m0/s1. The lowest BCUT2D eigenvalue weighted by Gasteiger charge is -2.32. The van der Waals surface area contributed by atoms with Crippen LogP contribution >= 0.6 is 11.3 Å². The molecule has 1 fully saturated rings. The van der Waals surface area contributed by atoms with Crippen LogP contribution in [-0.2, 0) is 9.53 Å². The van der Waals surface area contributed by atoms with Crippen molar-refractivity contribution in [2.75, 3.05) is 44.7 Å². The van der Waals surface area contributed by atoms with Crippen LogP contribution in [0, 0.1) is 13.8 Å². The Kier molecular flexibility index (Phi) is 6.39. The van der Waals surface area contributed by atoms with E-state index in [0.717, 1.165) is 42.3 Å². The van der Waals surface area contributed by atoms with Crippen LogP contribution in [0.2, 0.25) is 0 Å². The number of carbonyl (C=O) groups is 1. The van der Waals surface area contributed by atoms with E-state index in [1.807, 2.05) is 0 Å². The number of ether oxygens (including phenoxy) is 1. The maximum absolute atomic E-state index is 12.1. The molecule has 1 amide bonds. The zero-order valence-corrected chi connectivity index (χ0v) is 16.5. The number of amides is 1. The summed E-state index contributed by atoms with van der Waals surface area (Å²) in [6.45, 7) is 11.0. The van der Waals surface area contributed by atoms with Gasteiger partial charge in [-0.05, 0) is 26.3 Å². The normalized spacial score (nSPS) is 16.6. The first-order valence-corrected chi connectivity index (χ1v) is 9.91. The second-order valence-electron chi connectivity index (χ2n) is 6.66. The van der Waals surface area contributed by atoms with Gasteiger partial charge in [0.2, 0.25) is 5.91 Å². The molecule has 1 aliphatic heterocycles. The van der Waals surface area contributed by atoms with Gasteiger partial charge in [0, 0.05) is 43.5 Å². The van der Waals surface area contributed by atoms with Gasteiger partial charge in [-0.1, -0.05) is 0 Å². The molecule has 142 valence electrons. The molecule has 1 aliphatic rings. The molecule has 26 heavy (non-hydrogen) atoms. The molecule has 1 atom stereocenters. The zero-order chi connectivity index (χ0) is 18.5. The Morgan fingerprint density at radius 3 is 2.88 bits per heavy atom. The minimum atomic E-state index is 0.0566. The SMILES string of the molecule is Cc1sc2ncnc(NCCC(=O)NC[C@H](C)N3CCOCC3)c2c1C. The average Bonchev–Trinajstić information content (AvgIpc) is 2.95. The number of thiophene rings is 1. The largest absolute Gasteiger partial charge is 0.379 e. The second kappa shape index (κ2) is 8.75. The highest BCUT2D eigenvalue weighted by molar-refractivity contribution is 7.18. The van der Waals surface area contributed by atoms with Crippen LogP contribution in [0.15, 0.2) is 6.33 Å². The number of rotatable bonds is 7. The summed E-state index contributed by atoms with van der Waals surface area (Å²) in [6.07, 6.45) is 1.99. The van der Waals surface area contributed by atoms with E-state index in [1.165, 1.54) is 10.4 Å². The average molecular weight is 378 g/mol. The summed E-state index contributed by atoms with van der Waals surface area (Å²) in [5.41, 5.74) is 1.21. The first kappa shape index (κ1) is 19.0. The summed E-state index contributed by atoms with van der Waals surface area (Å²) in [5.74, 6) is 0.868. The summed E-state index contributed by atoms with van der Waals surface area (Å²) >= 11 is 1.67. The topological polar surface area (TPSA) is 79.4 Å². The molecule has 7 nitrogen and oxygen atoms in total. The molecule has 0 spiro atoms. The lowest BCUT2D eigenvalue weighted by Crippen LogP contribution is -2.47. The van der Waals surface area contributed by atoms with Crippen molar-refractivity contribution in [1.82, 2.24) is 20.2 Å². The maximum atomic E-state index is 12.1. The molecule has 2 aromatic heterocycles. The number of aromatic nitrogens is 2. The van der Waals surface area contributed by atoms with Crippen LogP contribution in [0.3, 0.4) is 0 Å². The lowest BCUT2D eigenvalue weighted by atomic mass is 10.2. The molecule has 0 unspecified atom stereocenters. The molecule has 0 bridgehead atoms. The Balaban J connectivity index is 1.45. The number of hydrogen-bond donors (Lipinski definition) is 2. The molecular formula is C18H27N5O2S. The number of nitrogens with one attached hydrogen (secondary N) is 2. The van der Waals surface area contributed by atoms with Gasteiger partial charge in [0.05, 0.1) is 18.6 Å².